The van der Waals surface area contributed by atoms with E-state index in [-0.39, 0.29) is 48.9 Å². The fourth-order valence-corrected chi connectivity index (χ4v) is 9.12. The number of hydrogen-bond donors (Lipinski definition) is 7. The molecule has 0 bridgehead atoms. The molecule has 0 saturated carbocycles. The quantitative estimate of drug-likeness (QED) is 0.0342. The van der Waals surface area contributed by atoms with Crippen molar-refractivity contribution in [2.75, 3.05) is 44.9 Å². The molecule has 27 heteroatoms. The van der Waals surface area contributed by atoms with E-state index in [1.165, 1.54) is 24.0 Å². The number of fused-ring (bicyclic) bond motifs is 1. The standard InChI is InChI=1S/C35H45N9O16P2/c1-3-4-10-25(45)42(2)21(14-55-13-20-8-6-5-7-9-20)33(47)60-28-22(59-32(27(28)46)43-19-40-26-30(37)38-18-39-31(26)43)15-57-61(50,51)29-23(16-58-62(52,53)54)56-17-35(29,49)44-12-11-24(36)41-34(44)48/h3,5-9,11-12,18-19,21-23,27-29,32,46,49H,1,4,10,13-17H2,2H3,(H,50,51)(H2,36,41,48)(H2,37,38,39)(H2,52,53,54)/t21-,22+,23?,27+,28+,29+,32?,35-/m0/s1. The molecule has 9 N–H and O–H groups in total. The molecule has 3 unspecified atom stereocenters. The topological polar surface area (TPSA) is 359 Å². The molecular formula is C35H45N9O16P2. The van der Waals surface area contributed by atoms with Crippen LogP contribution >= 0.6 is 15.4 Å². The summed E-state index contributed by atoms with van der Waals surface area (Å²) in [6, 6.07) is 8.65. The van der Waals surface area contributed by atoms with E-state index in [4.69, 9.17) is 34.9 Å². The van der Waals surface area contributed by atoms with E-state index in [1.807, 2.05) is 6.07 Å². The molecule has 25 nitrogen and oxygen atoms in total. The van der Waals surface area contributed by atoms with Crippen LogP contribution in [-0.2, 0) is 59.0 Å². The summed E-state index contributed by atoms with van der Waals surface area (Å²) >= 11 is 0. The molecule has 3 aromatic heterocycles. The number of carbonyl (C=O) groups excluding carboxylic acids is 2. The second-order valence-electron chi connectivity index (χ2n) is 14.2. The predicted molar refractivity (Wildman–Crippen MR) is 212 cm³/mol. The molecule has 0 spiro atoms. The summed E-state index contributed by atoms with van der Waals surface area (Å²) in [7, 11) is -9.29. The summed E-state index contributed by atoms with van der Waals surface area (Å²) in [6.45, 7) is 0.324. The number of carbonyl (C=O) groups is 2. The van der Waals surface area contributed by atoms with E-state index in [0.29, 0.717) is 4.57 Å². The van der Waals surface area contributed by atoms with Gasteiger partial charge >= 0.3 is 27.1 Å². The summed E-state index contributed by atoms with van der Waals surface area (Å²) in [6.07, 6.45) is -3.41. The minimum atomic E-state index is -5.42. The highest BCUT2D eigenvalue weighted by Gasteiger charge is 2.61. The van der Waals surface area contributed by atoms with Crippen LogP contribution in [0.25, 0.3) is 11.2 Å². The molecule has 62 heavy (non-hydrogen) atoms. The number of nitrogen functional groups attached to an aromatic ring is 2. The second-order valence-corrected chi connectivity index (χ2v) is 17.4. The SMILES string of the molecule is C=CCCC(=O)N(C)[C@@H](COCc1ccccc1)C(=O)O[C@@H]1[C@@H](COP(=O)(O)[C@@H]2C(COP(=O)(O)O)OC[C@@]2(O)n2ccc(N)nc2=O)OC(n2cnc3c(N)ncnc32)[C@@H]1O. The number of esters is 1. The van der Waals surface area contributed by atoms with Crippen molar-refractivity contribution in [1.29, 1.82) is 0 Å². The molecule has 336 valence electrons. The number of phosphoric acid groups is 1. The zero-order chi connectivity index (χ0) is 45.0. The molecule has 0 radical (unpaired) electrons. The van der Waals surface area contributed by atoms with Crippen LogP contribution in [-0.4, -0.2) is 140 Å². The van der Waals surface area contributed by atoms with Crippen molar-refractivity contribution >= 4 is 50.1 Å². The van der Waals surface area contributed by atoms with Crippen LogP contribution in [0.5, 0.6) is 0 Å². The Morgan fingerprint density at radius 2 is 1.82 bits per heavy atom. The number of phosphoric ester groups is 1. The molecule has 2 fully saturated rings. The fraction of sp³-hybridized carbons (Fsp3) is 0.457. The van der Waals surface area contributed by atoms with Crippen LogP contribution in [0.4, 0.5) is 11.6 Å². The molecule has 1 amide bonds. The number of aromatic nitrogens is 6. The van der Waals surface area contributed by atoms with Gasteiger partial charge in [-0.05, 0) is 18.1 Å². The molecule has 1 aromatic carbocycles. The number of nitrogens with two attached hydrogens (primary N) is 2. The number of allylic oxidation sites excluding steroid dienone is 1. The van der Waals surface area contributed by atoms with Gasteiger partial charge in [0.1, 0.15) is 41.6 Å². The number of hydrogen-bond acceptors (Lipinski definition) is 19. The lowest BCUT2D eigenvalue weighted by molar-refractivity contribution is -0.167. The minimum Gasteiger partial charge on any atom is -0.455 e. The largest absolute Gasteiger partial charge is 0.469 e. The summed E-state index contributed by atoms with van der Waals surface area (Å²) in [5, 5.41) is 23.7. The Morgan fingerprint density at radius 1 is 1.10 bits per heavy atom. The van der Waals surface area contributed by atoms with Crippen molar-refractivity contribution in [2.24, 2.45) is 0 Å². The van der Waals surface area contributed by atoms with Crippen molar-refractivity contribution in [1.82, 2.24) is 34.0 Å². The van der Waals surface area contributed by atoms with E-state index in [9.17, 15) is 48.4 Å². The molecule has 4 aromatic rings. The van der Waals surface area contributed by atoms with Gasteiger partial charge in [0.05, 0.1) is 39.4 Å². The number of aliphatic hydroxyl groups excluding tert-OH is 1. The Labute approximate surface area is 351 Å². The zero-order valence-corrected chi connectivity index (χ0v) is 34.7. The smallest absolute Gasteiger partial charge is 0.455 e. The lowest BCUT2D eigenvalue weighted by atomic mass is 10.1. The molecule has 2 aliphatic heterocycles. The lowest BCUT2D eigenvalue weighted by Crippen LogP contribution is -2.52. The van der Waals surface area contributed by atoms with Gasteiger partial charge in [-0.2, -0.15) is 4.98 Å². The first-order valence-electron chi connectivity index (χ1n) is 18.7. The van der Waals surface area contributed by atoms with Gasteiger partial charge < -0.3 is 64.7 Å². The number of rotatable bonds is 19. The highest BCUT2D eigenvalue weighted by atomic mass is 31.2. The average molecular weight is 910 g/mol. The van der Waals surface area contributed by atoms with Gasteiger partial charge in [-0.15, -0.1) is 6.58 Å². The summed E-state index contributed by atoms with van der Waals surface area (Å²) in [5.74, 6) is -1.84. The number of benzene rings is 1. The van der Waals surface area contributed by atoms with Crippen molar-refractivity contribution in [3.05, 3.63) is 84.0 Å². The lowest BCUT2D eigenvalue weighted by Gasteiger charge is -2.34. The zero-order valence-electron chi connectivity index (χ0n) is 32.9. The van der Waals surface area contributed by atoms with Crippen molar-refractivity contribution in [3.63, 3.8) is 0 Å². The molecule has 0 aliphatic carbocycles. The normalized spacial score (nSPS) is 25.3. The van der Waals surface area contributed by atoms with Crippen LogP contribution in [0.1, 0.15) is 24.6 Å². The van der Waals surface area contributed by atoms with Crippen molar-refractivity contribution in [3.8, 4) is 0 Å². The van der Waals surface area contributed by atoms with Crippen LogP contribution < -0.4 is 17.2 Å². The Balaban J connectivity index is 1.32. The van der Waals surface area contributed by atoms with Crippen LogP contribution in [0, 0.1) is 0 Å². The monoisotopic (exact) mass is 909 g/mol. The maximum absolute atomic E-state index is 14.3. The molecule has 2 aliphatic rings. The molecule has 5 heterocycles. The second kappa shape index (κ2) is 19.2. The maximum atomic E-state index is 14.3. The number of likely N-dealkylation sites (N-methyl/N-ethyl adjacent to an activating group) is 1. The number of nitrogens with zero attached hydrogens (tertiary/aromatic N) is 7. The average Bonchev–Trinajstić information content (AvgIpc) is 3.90. The van der Waals surface area contributed by atoms with Gasteiger partial charge in [-0.25, -0.2) is 29.1 Å². The van der Waals surface area contributed by atoms with Crippen LogP contribution in [0.15, 0.2) is 72.7 Å². The number of imidazole rings is 1. The van der Waals surface area contributed by atoms with Crippen molar-refractivity contribution < 1.29 is 71.6 Å². The number of amides is 1. The number of ether oxygens (including phenoxy) is 4. The highest BCUT2D eigenvalue weighted by molar-refractivity contribution is 7.53. The fourth-order valence-electron chi connectivity index (χ4n) is 6.94. The third-order valence-corrected chi connectivity index (χ3v) is 12.5. The molecule has 9 atom stereocenters. The van der Waals surface area contributed by atoms with Gasteiger partial charge in [0.25, 0.3) is 0 Å². The Bertz CT molecular complexity index is 2400. The molecule has 2 saturated heterocycles. The van der Waals surface area contributed by atoms with E-state index in [0.717, 1.165) is 29.1 Å². The van der Waals surface area contributed by atoms with Crippen LogP contribution in [0.3, 0.4) is 0 Å². The summed E-state index contributed by atoms with van der Waals surface area (Å²) < 4.78 is 61.1. The van der Waals surface area contributed by atoms with E-state index in [2.05, 4.69) is 31.0 Å². The number of aliphatic hydroxyl groups is 2. The first-order chi connectivity index (χ1) is 29.3. The number of anilines is 2. The third kappa shape index (κ3) is 10.3. The van der Waals surface area contributed by atoms with E-state index >= 15 is 0 Å². The van der Waals surface area contributed by atoms with Gasteiger partial charge in [0, 0.05) is 19.7 Å². The minimum absolute atomic E-state index is 0.0172. The predicted octanol–water partition coefficient (Wildman–Crippen LogP) is -0.848. The highest BCUT2D eigenvalue weighted by Crippen LogP contribution is 2.58. The van der Waals surface area contributed by atoms with E-state index in [1.54, 1.807) is 24.3 Å². The molecule has 6 rings (SSSR count). The summed E-state index contributed by atoms with van der Waals surface area (Å²) in [5.41, 5.74) is 6.34. The van der Waals surface area contributed by atoms with Gasteiger partial charge in [-0.1, -0.05) is 36.4 Å². The Morgan fingerprint density at radius 3 is 2.52 bits per heavy atom. The summed E-state index contributed by atoms with van der Waals surface area (Å²) in [4.78, 5) is 87.5. The Hall–Kier alpha value is -5.01. The van der Waals surface area contributed by atoms with Gasteiger partial charge in [-0.3, -0.25) is 23.0 Å². The van der Waals surface area contributed by atoms with Crippen molar-refractivity contribution in [2.45, 2.75) is 67.5 Å². The van der Waals surface area contributed by atoms with Crippen LogP contribution in [0.2, 0.25) is 0 Å². The van der Waals surface area contributed by atoms with Gasteiger partial charge in [0.15, 0.2) is 35.6 Å². The molecular weight excluding hydrogens is 864 g/mol. The third-order valence-electron chi connectivity index (χ3n) is 10.1. The Kier molecular flexibility index (Phi) is 14.4. The maximum Gasteiger partial charge on any atom is 0.469 e. The van der Waals surface area contributed by atoms with Gasteiger partial charge in [0.2, 0.25) is 5.91 Å². The van der Waals surface area contributed by atoms with E-state index < -0.39 is 101 Å². The first kappa shape index (κ1) is 46.5. The first-order valence-corrected chi connectivity index (χ1v) is 21.8.